The molecule has 0 aliphatic carbocycles. The van der Waals surface area contributed by atoms with E-state index in [9.17, 15) is 4.79 Å². The van der Waals surface area contributed by atoms with Crippen molar-refractivity contribution in [1.82, 2.24) is 9.88 Å². The number of nitrogens with zero attached hydrogens (tertiary/aromatic N) is 2. The molecule has 1 atom stereocenters. The summed E-state index contributed by atoms with van der Waals surface area (Å²) in [4.78, 5) is 19.1. The Hall–Kier alpha value is -2.16. The molecule has 0 radical (unpaired) electrons. The standard InChI is InChI=1S/C20H24N2O/c1-3-19-13-17(10-11-21-19)20(23)22-12-4-5-18(14-22)16-8-6-15(2)7-9-16/h6-11,13,18H,3-5,12,14H2,1-2H3. The molecular weight excluding hydrogens is 284 g/mol. The molecule has 23 heavy (non-hydrogen) atoms. The monoisotopic (exact) mass is 308 g/mol. The minimum absolute atomic E-state index is 0.138. The predicted molar refractivity (Wildman–Crippen MR) is 92.7 cm³/mol. The maximum absolute atomic E-state index is 12.8. The van der Waals surface area contributed by atoms with Gasteiger partial charge in [0.2, 0.25) is 0 Å². The zero-order valence-corrected chi connectivity index (χ0v) is 14.0. The molecule has 1 aromatic carbocycles. The highest BCUT2D eigenvalue weighted by molar-refractivity contribution is 5.94. The Bertz CT molecular complexity index is 678. The molecule has 3 rings (SSSR count). The average molecular weight is 308 g/mol. The van der Waals surface area contributed by atoms with Gasteiger partial charge in [-0.2, -0.15) is 0 Å². The van der Waals surface area contributed by atoms with E-state index in [1.165, 1.54) is 11.1 Å². The van der Waals surface area contributed by atoms with Crippen LogP contribution in [0.3, 0.4) is 0 Å². The molecule has 1 amide bonds. The number of hydrogen-bond acceptors (Lipinski definition) is 2. The first-order valence-electron chi connectivity index (χ1n) is 8.48. The van der Waals surface area contributed by atoms with Crippen LogP contribution in [0.25, 0.3) is 0 Å². The molecular formula is C20H24N2O. The second kappa shape index (κ2) is 6.95. The third-order valence-corrected chi connectivity index (χ3v) is 4.68. The Kier molecular flexibility index (Phi) is 4.75. The first-order chi connectivity index (χ1) is 11.2. The Balaban J connectivity index is 1.75. The van der Waals surface area contributed by atoms with Crippen LogP contribution < -0.4 is 0 Å². The van der Waals surface area contributed by atoms with Gasteiger partial charge in [0.05, 0.1) is 0 Å². The lowest BCUT2D eigenvalue weighted by molar-refractivity contribution is 0.0707. The molecule has 0 bridgehead atoms. The van der Waals surface area contributed by atoms with Gasteiger partial charge in [0.1, 0.15) is 0 Å². The van der Waals surface area contributed by atoms with E-state index >= 15 is 0 Å². The van der Waals surface area contributed by atoms with E-state index < -0.39 is 0 Å². The number of amides is 1. The van der Waals surface area contributed by atoms with Crippen LogP contribution >= 0.6 is 0 Å². The molecule has 1 saturated heterocycles. The molecule has 1 unspecified atom stereocenters. The Labute approximate surface area is 138 Å². The second-order valence-corrected chi connectivity index (χ2v) is 6.39. The Morgan fingerprint density at radius 1 is 1.26 bits per heavy atom. The lowest BCUT2D eigenvalue weighted by atomic mass is 9.90. The van der Waals surface area contributed by atoms with E-state index in [1.54, 1.807) is 6.20 Å². The van der Waals surface area contributed by atoms with Gasteiger partial charge < -0.3 is 4.90 Å². The molecule has 3 nitrogen and oxygen atoms in total. The fourth-order valence-electron chi connectivity index (χ4n) is 3.26. The number of aryl methyl sites for hydroxylation is 2. The third-order valence-electron chi connectivity index (χ3n) is 4.68. The van der Waals surface area contributed by atoms with Crippen LogP contribution in [-0.2, 0) is 6.42 Å². The highest BCUT2D eigenvalue weighted by Crippen LogP contribution is 2.28. The van der Waals surface area contributed by atoms with E-state index in [1.807, 2.05) is 17.0 Å². The lowest BCUT2D eigenvalue weighted by Gasteiger charge is -2.33. The van der Waals surface area contributed by atoms with Crippen molar-refractivity contribution in [3.8, 4) is 0 Å². The maximum Gasteiger partial charge on any atom is 0.253 e. The van der Waals surface area contributed by atoms with Crippen LogP contribution in [0.1, 0.15) is 52.9 Å². The fourth-order valence-corrected chi connectivity index (χ4v) is 3.26. The number of carbonyl (C=O) groups is 1. The van der Waals surface area contributed by atoms with Crippen molar-refractivity contribution in [3.05, 3.63) is 65.0 Å². The number of aromatic nitrogens is 1. The van der Waals surface area contributed by atoms with Gasteiger partial charge in [-0.15, -0.1) is 0 Å². The highest BCUT2D eigenvalue weighted by Gasteiger charge is 2.25. The Morgan fingerprint density at radius 3 is 2.78 bits per heavy atom. The van der Waals surface area contributed by atoms with Gasteiger partial charge >= 0.3 is 0 Å². The number of pyridine rings is 1. The summed E-state index contributed by atoms with van der Waals surface area (Å²) < 4.78 is 0. The summed E-state index contributed by atoms with van der Waals surface area (Å²) in [6.07, 6.45) is 4.82. The SMILES string of the molecule is CCc1cc(C(=O)N2CCCC(c3ccc(C)cc3)C2)ccn1. The highest BCUT2D eigenvalue weighted by atomic mass is 16.2. The van der Waals surface area contributed by atoms with Gasteiger partial charge in [0.25, 0.3) is 5.91 Å². The van der Waals surface area contributed by atoms with E-state index in [0.717, 1.165) is 43.6 Å². The predicted octanol–water partition coefficient (Wildman–Crippen LogP) is 3.97. The zero-order valence-electron chi connectivity index (χ0n) is 14.0. The van der Waals surface area contributed by atoms with Crippen LogP contribution in [0.15, 0.2) is 42.6 Å². The van der Waals surface area contributed by atoms with Crippen molar-refractivity contribution in [3.63, 3.8) is 0 Å². The summed E-state index contributed by atoms with van der Waals surface area (Å²) >= 11 is 0. The molecule has 1 aromatic heterocycles. The number of benzene rings is 1. The maximum atomic E-state index is 12.8. The number of likely N-dealkylation sites (tertiary alicyclic amines) is 1. The van der Waals surface area contributed by atoms with Crippen LogP contribution in [0.4, 0.5) is 0 Å². The molecule has 0 N–H and O–H groups in total. The van der Waals surface area contributed by atoms with E-state index in [2.05, 4.69) is 43.1 Å². The topological polar surface area (TPSA) is 33.2 Å². The molecule has 120 valence electrons. The third kappa shape index (κ3) is 3.61. The zero-order chi connectivity index (χ0) is 16.2. The molecule has 0 spiro atoms. The summed E-state index contributed by atoms with van der Waals surface area (Å²) in [7, 11) is 0. The van der Waals surface area contributed by atoms with Crippen molar-refractivity contribution in [2.24, 2.45) is 0 Å². The van der Waals surface area contributed by atoms with Crippen LogP contribution in [0.2, 0.25) is 0 Å². The van der Waals surface area contributed by atoms with Crippen LogP contribution in [0.5, 0.6) is 0 Å². The molecule has 2 heterocycles. The van der Waals surface area contributed by atoms with E-state index in [-0.39, 0.29) is 5.91 Å². The van der Waals surface area contributed by atoms with Gasteiger partial charge in [0, 0.05) is 36.5 Å². The fraction of sp³-hybridized carbons (Fsp3) is 0.400. The van der Waals surface area contributed by atoms with Crippen LogP contribution in [0, 0.1) is 6.92 Å². The van der Waals surface area contributed by atoms with Crippen molar-refractivity contribution in [2.75, 3.05) is 13.1 Å². The molecule has 1 aliphatic heterocycles. The van der Waals surface area contributed by atoms with E-state index in [4.69, 9.17) is 0 Å². The molecule has 3 heteroatoms. The second-order valence-electron chi connectivity index (χ2n) is 6.39. The number of carbonyl (C=O) groups excluding carboxylic acids is 1. The molecule has 0 saturated carbocycles. The lowest BCUT2D eigenvalue weighted by Crippen LogP contribution is -2.39. The summed E-state index contributed by atoms with van der Waals surface area (Å²) in [5.74, 6) is 0.583. The van der Waals surface area contributed by atoms with Crippen molar-refractivity contribution in [1.29, 1.82) is 0 Å². The van der Waals surface area contributed by atoms with Crippen molar-refractivity contribution in [2.45, 2.75) is 39.0 Å². The van der Waals surface area contributed by atoms with E-state index in [0.29, 0.717) is 5.92 Å². The van der Waals surface area contributed by atoms with Crippen molar-refractivity contribution >= 4 is 5.91 Å². The quantitative estimate of drug-likeness (QED) is 0.859. The van der Waals surface area contributed by atoms with Crippen molar-refractivity contribution < 1.29 is 4.79 Å². The van der Waals surface area contributed by atoms with Gasteiger partial charge in [-0.05, 0) is 43.9 Å². The smallest absolute Gasteiger partial charge is 0.253 e. The van der Waals surface area contributed by atoms with Gasteiger partial charge in [0.15, 0.2) is 0 Å². The minimum atomic E-state index is 0.138. The van der Waals surface area contributed by atoms with Gasteiger partial charge in [-0.3, -0.25) is 9.78 Å². The first-order valence-corrected chi connectivity index (χ1v) is 8.48. The molecule has 2 aromatic rings. The molecule has 1 fully saturated rings. The number of piperidine rings is 1. The summed E-state index contributed by atoms with van der Waals surface area (Å²) in [6.45, 7) is 5.83. The number of rotatable bonds is 3. The summed E-state index contributed by atoms with van der Waals surface area (Å²) in [5, 5.41) is 0. The average Bonchev–Trinajstić information content (AvgIpc) is 2.62. The normalized spacial score (nSPS) is 18.0. The Morgan fingerprint density at radius 2 is 2.04 bits per heavy atom. The van der Waals surface area contributed by atoms with Gasteiger partial charge in [-0.25, -0.2) is 0 Å². The minimum Gasteiger partial charge on any atom is -0.338 e. The van der Waals surface area contributed by atoms with Crippen LogP contribution in [-0.4, -0.2) is 28.9 Å². The first kappa shape index (κ1) is 15.7. The summed E-state index contributed by atoms with van der Waals surface area (Å²) in [5.41, 5.74) is 4.36. The largest absolute Gasteiger partial charge is 0.338 e. The van der Waals surface area contributed by atoms with Gasteiger partial charge in [-0.1, -0.05) is 36.8 Å². The number of hydrogen-bond donors (Lipinski definition) is 0. The summed E-state index contributed by atoms with van der Waals surface area (Å²) in [6, 6.07) is 12.5. The molecule has 1 aliphatic rings.